The van der Waals surface area contributed by atoms with E-state index in [2.05, 4.69) is 22.6 Å². The standard InChI is InChI=1S/C12H13N3OS.C6H12OS.C2H6S/c1-8-12(15(3)9(2)16)17-11(14-8)10-5-4-6-13-7-10;1-6(2,4-7)5-8-3;1-2-3/h4-7H,1-3H3;4H,5H2,1-3H3;3H,2H2,1H3. The summed E-state index contributed by atoms with van der Waals surface area (Å²) in [6.45, 7) is 9.32. The highest BCUT2D eigenvalue weighted by Crippen LogP contribution is 2.33. The molecule has 0 aromatic carbocycles. The van der Waals surface area contributed by atoms with Crippen molar-refractivity contribution in [3.8, 4) is 10.6 Å². The summed E-state index contributed by atoms with van der Waals surface area (Å²) in [7, 11) is 1.76. The van der Waals surface area contributed by atoms with E-state index in [0.717, 1.165) is 39.1 Å². The van der Waals surface area contributed by atoms with E-state index < -0.39 is 0 Å². The highest BCUT2D eigenvalue weighted by atomic mass is 32.2. The zero-order chi connectivity index (χ0) is 21.7. The van der Waals surface area contributed by atoms with Gasteiger partial charge in [-0.05, 0) is 31.1 Å². The van der Waals surface area contributed by atoms with Crippen molar-refractivity contribution < 1.29 is 9.59 Å². The molecule has 2 aromatic rings. The van der Waals surface area contributed by atoms with Crippen molar-refractivity contribution in [3.05, 3.63) is 30.2 Å². The fraction of sp³-hybridized carbons (Fsp3) is 0.500. The lowest BCUT2D eigenvalue weighted by molar-refractivity contribution is -0.116. The van der Waals surface area contributed by atoms with Crippen LogP contribution in [0.15, 0.2) is 24.5 Å². The third-order valence-electron chi connectivity index (χ3n) is 3.29. The van der Waals surface area contributed by atoms with Gasteiger partial charge in [-0.3, -0.25) is 9.78 Å². The molecule has 1 amide bonds. The normalized spacial score (nSPS) is 10.1. The van der Waals surface area contributed by atoms with Gasteiger partial charge >= 0.3 is 0 Å². The molecule has 0 saturated heterocycles. The van der Waals surface area contributed by atoms with E-state index in [1.165, 1.54) is 11.3 Å². The van der Waals surface area contributed by atoms with E-state index in [-0.39, 0.29) is 11.3 Å². The van der Waals surface area contributed by atoms with Crippen LogP contribution in [-0.4, -0.2) is 47.0 Å². The number of pyridine rings is 1. The van der Waals surface area contributed by atoms with Crippen LogP contribution in [0.3, 0.4) is 0 Å². The maximum atomic E-state index is 11.3. The molecule has 2 aromatic heterocycles. The number of carbonyl (C=O) groups excluding carboxylic acids is 2. The molecule has 0 unspecified atom stereocenters. The summed E-state index contributed by atoms with van der Waals surface area (Å²) in [6, 6.07) is 3.84. The number of hydrogen-bond acceptors (Lipinski definition) is 7. The molecule has 2 heterocycles. The first-order valence-electron chi connectivity index (χ1n) is 8.81. The molecule has 0 N–H and O–H groups in total. The maximum Gasteiger partial charge on any atom is 0.224 e. The van der Waals surface area contributed by atoms with E-state index in [1.54, 1.807) is 43.0 Å². The molecule has 0 saturated carbocycles. The molecule has 0 aliphatic heterocycles. The van der Waals surface area contributed by atoms with Crippen LogP contribution in [0.1, 0.15) is 33.4 Å². The molecule has 0 aliphatic rings. The van der Waals surface area contributed by atoms with E-state index in [4.69, 9.17) is 0 Å². The Balaban J connectivity index is 0.000000558. The first kappa shape index (κ1) is 26.6. The second-order valence-electron chi connectivity index (χ2n) is 6.58. The number of thiazole rings is 1. The summed E-state index contributed by atoms with van der Waals surface area (Å²) < 4.78 is 0. The second-order valence-corrected chi connectivity index (χ2v) is 9.06. The average molecular weight is 442 g/mol. The lowest BCUT2D eigenvalue weighted by Crippen LogP contribution is -2.22. The molecule has 0 fully saturated rings. The van der Waals surface area contributed by atoms with Crippen LogP contribution in [0, 0.1) is 12.3 Å². The van der Waals surface area contributed by atoms with Crippen molar-refractivity contribution in [2.75, 3.05) is 29.7 Å². The number of carbonyl (C=O) groups is 2. The van der Waals surface area contributed by atoms with Crippen molar-refractivity contribution in [2.45, 2.75) is 34.6 Å². The molecule has 2 rings (SSSR count). The van der Waals surface area contributed by atoms with Crippen molar-refractivity contribution in [1.82, 2.24) is 9.97 Å². The minimum atomic E-state index is -0.126. The van der Waals surface area contributed by atoms with E-state index in [1.807, 2.05) is 46.1 Å². The predicted molar refractivity (Wildman–Crippen MR) is 127 cm³/mol. The Morgan fingerprint density at radius 1 is 1.43 bits per heavy atom. The number of rotatable bonds is 5. The number of aldehydes is 1. The molecule has 28 heavy (non-hydrogen) atoms. The third kappa shape index (κ3) is 9.71. The number of aryl methyl sites for hydroxylation is 1. The minimum Gasteiger partial charge on any atom is -0.306 e. The first-order valence-corrected chi connectivity index (χ1v) is 11.7. The number of amides is 1. The van der Waals surface area contributed by atoms with Gasteiger partial charge in [0.15, 0.2) is 0 Å². The van der Waals surface area contributed by atoms with Crippen LogP contribution in [0.25, 0.3) is 10.6 Å². The number of nitrogens with zero attached hydrogens (tertiary/aromatic N) is 3. The summed E-state index contributed by atoms with van der Waals surface area (Å²) >= 11 is 6.99. The van der Waals surface area contributed by atoms with Gasteiger partial charge in [-0.2, -0.15) is 24.4 Å². The predicted octanol–water partition coefficient (Wildman–Crippen LogP) is 5.01. The van der Waals surface area contributed by atoms with Gasteiger partial charge in [0, 0.05) is 43.1 Å². The van der Waals surface area contributed by atoms with Gasteiger partial charge in [0.05, 0.1) is 5.69 Å². The fourth-order valence-electron chi connectivity index (χ4n) is 1.86. The fourth-order valence-corrected chi connectivity index (χ4v) is 3.74. The molecule has 0 atom stereocenters. The minimum absolute atomic E-state index is 0.00878. The van der Waals surface area contributed by atoms with Gasteiger partial charge in [-0.15, -0.1) is 0 Å². The number of thioether (sulfide) groups is 1. The molecule has 5 nitrogen and oxygen atoms in total. The summed E-state index contributed by atoms with van der Waals surface area (Å²) in [4.78, 5) is 31.7. The zero-order valence-corrected chi connectivity index (χ0v) is 20.3. The van der Waals surface area contributed by atoms with E-state index in [0.29, 0.717) is 0 Å². The Kier molecular flexibility index (Phi) is 13.1. The quantitative estimate of drug-likeness (QED) is 0.522. The van der Waals surface area contributed by atoms with E-state index in [9.17, 15) is 9.59 Å². The van der Waals surface area contributed by atoms with Gasteiger partial charge in [-0.1, -0.05) is 32.1 Å². The Morgan fingerprint density at radius 3 is 2.43 bits per heavy atom. The monoisotopic (exact) mass is 441 g/mol. The van der Waals surface area contributed by atoms with Crippen LogP contribution in [0.2, 0.25) is 0 Å². The molecular formula is C20H31N3O2S3. The molecule has 8 heteroatoms. The Morgan fingerprint density at radius 2 is 2.04 bits per heavy atom. The van der Waals surface area contributed by atoms with Gasteiger partial charge in [0.25, 0.3) is 0 Å². The SMILES string of the molecule is CC(=O)N(C)c1sc(-c2cccnc2)nc1C.CCS.CSCC(C)(C)C=O. The maximum absolute atomic E-state index is 11.3. The van der Waals surface area contributed by atoms with Gasteiger partial charge < -0.3 is 9.69 Å². The van der Waals surface area contributed by atoms with Crippen molar-refractivity contribution in [3.63, 3.8) is 0 Å². The third-order valence-corrected chi connectivity index (χ3v) is 5.61. The number of anilines is 1. The lowest BCUT2D eigenvalue weighted by Gasteiger charge is -2.12. The van der Waals surface area contributed by atoms with Crippen LogP contribution in [0.4, 0.5) is 5.00 Å². The summed E-state index contributed by atoms with van der Waals surface area (Å²) in [5, 5.41) is 1.77. The van der Waals surface area contributed by atoms with Crippen molar-refractivity contribution in [2.24, 2.45) is 5.41 Å². The highest BCUT2D eigenvalue weighted by Gasteiger charge is 2.15. The van der Waals surface area contributed by atoms with Crippen LogP contribution < -0.4 is 4.90 Å². The molecule has 0 bridgehead atoms. The van der Waals surface area contributed by atoms with Crippen molar-refractivity contribution in [1.29, 1.82) is 0 Å². The number of hydrogen-bond donors (Lipinski definition) is 1. The summed E-state index contributed by atoms with van der Waals surface area (Å²) in [6.07, 6.45) is 6.51. The van der Waals surface area contributed by atoms with Crippen LogP contribution in [0.5, 0.6) is 0 Å². The Labute approximate surface area is 182 Å². The smallest absolute Gasteiger partial charge is 0.224 e. The highest BCUT2D eigenvalue weighted by molar-refractivity contribution is 7.98. The molecular weight excluding hydrogens is 410 g/mol. The molecule has 156 valence electrons. The molecule has 0 spiro atoms. The zero-order valence-electron chi connectivity index (χ0n) is 17.7. The Hall–Kier alpha value is -1.38. The average Bonchev–Trinajstić information content (AvgIpc) is 3.04. The first-order chi connectivity index (χ1) is 13.1. The van der Waals surface area contributed by atoms with Gasteiger partial charge in [0.2, 0.25) is 5.91 Å². The molecule has 0 radical (unpaired) electrons. The van der Waals surface area contributed by atoms with E-state index >= 15 is 0 Å². The number of aromatic nitrogens is 2. The largest absolute Gasteiger partial charge is 0.306 e. The van der Waals surface area contributed by atoms with Gasteiger partial charge in [0.1, 0.15) is 16.3 Å². The second kappa shape index (κ2) is 13.7. The van der Waals surface area contributed by atoms with Gasteiger partial charge in [-0.25, -0.2) is 4.98 Å². The Bertz CT molecular complexity index is 719. The lowest BCUT2D eigenvalue weighted by atomic mass is 10.00. The topological polar surface area (TPSA) is 63.2 Å². The van der Waals surface area contributed by atoms with Crippen LogP contribution in [-0.2, 0) is 9.59 Å². The number of thiol groups is 1. The van der Waals surface area contributed by atoms with Crippen molar-refractivity contribution >= 4 is 52.9 Å². The summed E-state index contributed by atoms with van der Waals surface area (Å²) in [5.41, 5.74) is 1.72. The molecule has 0 aliphatic carbocycles. The van der Waals surface area contributed by atoms with Crippen LogP contribution >= 0.6 is 35.7 Å². The summed E-state index contributed by atoms with van der Waals surface area (Å²) in [5.74, 6) is 1.87.